The van der Waals surface area contributed by atoms with Crippen LogP contribution in [0.15, 0.2) is 54.6 Å². The number of fused-ring (bicyclic) bond motifs is 1. The zero-order chi connectivity index (χ0) is 15.6. The number of rotatable bonds is 3. The van der Waals surface area contributed by atoms with Crippen LogP contribution >= 0.6 is 0 Å². The molecule has 120 valence electrons. The highest BCUT2D eigenvalue weighted by atomic mass is 15.2. The Hall–Kier alpha value is -1.64. The monoisotopic (exact) mass is 306 g/mol. The number of piperidine rings is 1. The lowest BCUT2D eigenvalue weighted by atomic mass is 9.89. The van der Waals surface area contributed by atoms with Crippen molar-refractivity contribution in [2.75, 3.05) is 13.1 Å². The van der Waals surface area contributed by atoms with E-state index in [1.165, 1.54) is 49.0 Å². The summed E-state index contributed by atoms with van der Waals surface area (Å²) in [7, 11) is 0. The van der Waals surface area contributed by atoms with Crippen molar-refractivity contribution in [3.63, 3.8) is 0 Å². The second-order valence-corrected chi connectivity index (χ2v) is 7.16. The summed E-state index contributed by atoms with van der Waals surface area (Å²) in [6.07, 6.45) is 4.93. The smallest absolute Gasteiger partial charge is 0.0369 e. The van der Waals surface area contributed by atoms with Crippen LogP contribution in [0, 0.1) is 5.92 Å². The molecule has 1 aliphatic carbocycles. The minimum absolute atomic E-state index is 0.221. The Morgan fingerprint density at radius 3 is 2.26 bits per heavy atom. The summed E-state index contributed by atoms with van der Waals surface area (Å²) in [5, 5.41) is 0. The van der Waals surface area contributed by atoms with Crippen molar-refractivity contribution in [2.45, 2.75) is 37.8 Å². The number of likely N-dealkylation sites (tertiary alicyclic amines) is 1. The van der Waals surface area contributed by atoms with Gasteiger partial charge in [0.05, 0.1) is 0 Å². The standard InChI is InChI=1S/C21H26N2/c22-20-15-21(19-9-5-4-8-18(19)20)23-12-10-17(11-13-23)14-16-6-2-1-3-7-16/h1-9,17,20-21H,10-15,22H2. The van der Waals surface area contributed by atoms with Crippen LogP contribution in [0.4, 0.5) is 0 Å². The van der Waals surface area contributed by atoms with Gasteiger partial charge in [0.25, 0.3) is 0 Å². The van der Waals surface area contributed by atoms with E-state index in [1.54, 1.807) is 0 Å². The van der Waals surface area contributed by atoms with Crippen LogP contribution in [0.1, 0.15) is 48.0 Å². The lowest BCUT2D eigenvalue weighted by Gasteiger charge is -2.36. The number of nitrogens with two attached hydrogens (primary N) is 1. The third-order valence-electron chi connectivity index (χ3n) is 5.69. The molecular formula is C21H26N2. The van der Waals surface area contributed by atoms with Gasteiger partial charge in [-0.1, -0.05) is 54.6 Å². The number of hydrogen-bond acceptors (Lipinski definition) is 2. The largest absolute Gasteiger partial charge is 0.324 e. The van der Waals surface area contributed by atoms with Gasteiger partial charge in [0, 0.05) is 12.1 Å². The molecule has 1 aliphatic heterocycles. The van der Waals surface area contributed by atoms with Crippen molar-refractivity contribution in [2.24, 2.45) is 11.7 Å². The van der Waals surface area contributed by atoms with E-state index in [2.05, 4.69) is 59.5 Å². The van der Waals surface area contributed by atoms with Gasteiger partial charge in [-0.2, -0.15) is 0 Å². The molecule has 2 aromatic carbocycles. The molecular weight excluding hydrogens is 280 g/mol. The Morgan fingerprint density at radius 2 is 1.52 bits per heavy atom. The fraction of sp³-hybridized carbons (Fsp3) is 0.429. The second-order valence-electron chi connectivity index (χ2n) is 7.16. The Labute approximate surface area is 139 Å². The molecule has 0 amide bonds. The Bertz CT molecular complexity index is 644. The van der Waals surface area contributed by atoms with Crippen LogP contribution < -0.4 is 5.73 Å². The average molecular weight is 306 g/mol. The lowest BCUT2D eigenvalue weighted by molar-refractivity contribution is 0.129. The highest BCUT2D eigenvalue weighted by Gasteiger charge is 2.34. The molecule has 2 nitrogen and oxygen atoms in total. The van der Waals surface area contributed by atoms with Gasteiger partial charge in [0.2, 0.25) is 0 Å². The van der Waals surface area contributed by atoms with E-state index < -0.39 is 0 Å². The summed E-state index contributed by atoms with van der Waals surface area (Å²) in [6.45, 7) is 2.42. The van der Waals surface area contributed by atoms with Crippen LogP contribution in [-0.2, 0) is 6.42 Å². The van der Waals surface area contributed by atoms with E-state index in [0.717, 1.165) is 12.3 Å². The molecule has 1 saturated heterocycles. The summed E-state index contributed by atoms with van der Waals surface area (Å²) in [4.78, 5) is 2.67. The predicted molar refractivity (Wildman–Crippen MR) is 95.2 cm³/mol. The number of benzene rings is 2. The topological polar surface area (TPSA) is 29.3 Å². The van der Waals surface area contributed by atoms with Gasteiger partial charge in [-0.05, 0) is 61.4 Å². The first-order valence-electron chi connectivity index (χ1n) is 8.93. The Morgan fingerprint density at radius 1 is 0.870 bits per heavy atom. The molecule has 1 heterocycles. The van der Waals surface area contributed by atoms with E-state index in [0.29, 0.717) is 6.04 Å². The zero-order valence-electron chi connectivity index (χ0n) is 13.7. The van der Waals surface area contributed by atoms with Gasteiger partial charge in [0.15, 0.2) is 0 Å². The van der Waals surface area contributed by atoms with Crippen molar-refractivity contribution >= 4 is 0 Å². The first kappa shape index (κ1) is 14.9. The molecule has 2 heteroatoms. The molecule has 2 unspecified atom stereocenters. The van der Waals surface area contributed by atoms with Crippen LogP contribution in [0.2, 0.25) is 0 Å². The summed E-state index contributed by atoms with van der Waals surface area (Å²) in [5.41, 5.74) is 10.7. The van der Waals surface area contributed by atoms with E-state index in [9.17, 15) is 0 Å². The van der Waals surface area contributed by atoms with Crippen LogP contribution in [0.5, 0.6) is 0 Å². The highest BCUT2D eigenvalue weighted by Crippen LogP contribution is 2.42. The first-order valence-corrected chi connectivity index (χ1v) is 8.93. The molecule has 4 rings (SSSR count). The Kier molecular flexibility index (Phi) is 4.19. The molecule has 2 atom stereocenters. The molecule has 23 heavy (non-hydrogen) atoms. The quantitative estimate of drug-likeness (QED) is 0.925. The van der Waals surface area contributed by atoms with Gasteiger partial charge in [-0.3, -0.25) is 4.90 Å². The minimum atomic E-state index is 0.221. The van der Waals surface area contributed by atoms with Crippen LogP contribution in [0.3, 0.4) is 0 Å². The van der Waals surface area contributed by atoms with Gasteiger partial charge in [0.1, 0.15) is 0 Å². The van der Waals surface area contributed by atoms with Crippen molar-refractivity contribution in [3.05, 3.63) is 71.3 Å². The number of hydrogen-bond donors (Lipinski definition) is 1. The fourth-order valence-corrected chi connectivity index (χ4v) is 4.41. The third-order valence-corrected chi connectivity index (χ3v) is 5.69. The van der Waals surface area contributed by atoms with E-state index >= 15 is 0 Å². The maximum absolute atomic E-state index is 6.35. The van der Waals surface area contributed by atoms with E-state index in [-0.39, 0.29) is 6.04 Å². The summed E-state index contributed by atoms with van der Waals surface area (Å²) in [5.74, 6) is 0.832. The minimum Gasteiger partial charge on any atom is -0.324 e. The van der Waals surface area contributed by atoms with Crippen LogP contribution in [-0.4, -0.2) is 18.0 Å². The summed E-state index contributed by atoms with van der Waals surface area (Å²) < 4.78 is 0. The predicted octanol–water partition coefficient (Wildman–Crippen LogP) is 4.09. The summed E-state index contributed by atoms with van der Waals surface area (Å²) in [6, 6.07) is 20.5. The SMILES string of the molecule is NC1CC(N2CCC(Cc3ccccc3)CC2)c2ccccc21. The molecule has 1 fully saturated rings. The third kappa shape index (κ3) is 3.06. The molecule has 0 saturated carbocycles. The molecule has 0 aromatic heterocycles. The maximum Gasteiger partial charge on any atom is 0.0369 e. The molecule has 2 aromatic rings. The number of nitrogens with zero attached hydrogens (tertiary/aromatic N) is 1. The van der Waals surface area contributed by atoms with E-state index in [4.69, 9.17) is 5.73 Å². The van der Waals surface area contributed by atoms with Crippen LogP contribution in [0.25, 0.3) is 0 Å². The van der Waals surface area contributed by atoms with Gasteiger partial charge in [-0.15, -0.1) is 0 Å². The van der Waals surface area contributed by atoms with Crippen molar-refractivity contribution in [1.82, 2.24) is 4.90 Å². The molecule has 2 aliphatic rings. The average Bonchev–Trinajstić information content (AvgIpc) is 2.94. The zero-order valence-corrected chi connectivity index (χ0v) is 13.7. The Balaban J connectivity index is 1.39. The lowest BCUT2D eigenvalue weighted by Crippen LogP contribution is -2.36. The first-order chi connectivity index (χ1) is 11.3. The van der Waals surface area contributed by atoms with Gasteiger partial charge >= 0.3 is 0 Å². The van der Waals surface area contributed by atoms with Gasteiger partial charge < -0.3 is 5.73 Å². The van der Waals surface area contributed by atoms with Crippen molar-refractivity contribution in [1.29, 1.82) is 0 Å². The van der Waals surface area contributed by atoms with Crippen molar-refractivity contribution in [3.8, 4) is 0 Å². The van der Waals surface area contributed by atoms with E-state index in [1.807, 2.05) is 0 Å². The fourth-order valence-electron chi connectivity index (χ4n) is 4.41. The molecule has 0 spiro atoms. The summed E-state index contributed by atoms with van der Waals surface area (Å²) >= 11 is 0. The van der Waals surface area contributed by atoms with Crippen molar-refractivity contribution < 1.29 is 0 Å². The molecule has 0 bridgehead atoms. The highest BCUT2D eigenvalue weighted by molar-refractivity contribution is 5.37. The normalized spacial score (nSPS) is 25.4. The molecule has 0 radical (unpaired) electrons. The maximum atomic E-state index is 6.35. The molecule has 2 N–H and O–H groups in total. The second kappa shape index (κ2) is 6.46. The van der Waals surface area contributed by atoms with Gasteiger partial charge in [-0.25, -0.2) is 0 Å².